The van der Waals surface area contributed by atoms with E-state index < -0.39 is 0 Å². The SMILES string of the molecule is COc1ccc(/C=N/NC(=O)CSc2nnc(CNc3ccccc3)n2-c2ccccc2)cc1OCn1cccn1. The maximum Gasteiger partial charge on any atom is 0.250 e. The zero-order valence-corrected chi connectivity index (χ0v) is 23.1. The number of carbonyl (C=O) groups excluding carboxylic acids is 1. The fourth-order valence-corrected chi connectivity index (χ4v) is 4.59. The van der Waals surface area contributed by atoms with Crippen LogP contribution in [0.1, 0.15) is 11.4 Å². The summed E-state index contributed by atoms with van der Waals surface area (Å²) in [6, 6.07) is 26.9. The van der Waals surface area contributed by atoms with Gasteiger partial charge in [0.25, 0.3) is 5.91 Å². The molecule has 2 heterocycles. The highest BCUT2D eigenvalue weighted by molar-refractivity contribution is 7.99. The number of para-hydroxylation sites is 2. The molecule has 0 unspecified atom stereocenters. The molecule has 5 rings (SSSR count). The summed E-state index contributed by atoms with van der Waals surface area (Å²) in [5, 5.41) is 20.9. The topological polar surface area (TPSA) is 120 Å². The van der Waals surface area contributed by atoms with Crippen molar-refractivity contribution in [1.82, 2.24) is 30.0 Å². The molecule has 0 radical (unpaired) electrons. The predicted octanol–water partition coefficient (Wildman–Crippen LogP) is 4.36. The van der Waals surface area contributed by atoms with Crippen molar-refractivity contribution >= 4 is 29.6 Å². The van der Waals surface area contributed by atoms with Gasteiger partial charge in [-0.25, -0.2) is 10.1 Å². The fraction of sp³-hybridized carbons (Fsp3) is 0.138. The van der Waals surface area contributed by atoms with Gasteiger partial charge in [0, 0.05) is 23.8 Å². The van der Waals surface area contributed by atoms with Crippen molar-refractivity contribution < 1.29 is 14.3 Å². The Morgan fingerprint density at radius 3 is 2.56 bits per heavy atom. The molecule has 0 aliphatic rings. The molecular weight excluding hydrogens is 540 g/mol. The van der Waals surface area contributed by atoms with E-state index in [9.17, 15) is 4.79 Å². The van der Waals surface area contributed by atoms with E-state index in [-0.39, 0.29) is 18.4 Å². The highest BCUT2D eigenvalue weighted by Gasteiger charge is 2.16. The number of hydrazone groups is 1. The van der Waals surface area contributed by atoms with Gasteiger partial charge in [-0.05, 0) is 54.1 Å². The number of methoxy groups -OCH3 is 1. The lowest BCUT2D eigenvalue weighted by Gasteiger charge is -2.11. The Kier molecular flexibility index (Phi) is 9.25. The summed E-state index contributed by atoms with van der Waals surface area (Å²) < 4.78 is 14.8. The molecule has 208 valence electrons. The third kappa shape index (κ3) is 7.51. The van der Waals surface area contributed by atoms with E-state index in [4.69, 9.17) is 9.47 Å². The van der Waals surface area contributed by atoms with Crippen LogP contribution in [-0.4, -0.2) is 49.5 Å². The van der Waals surface area contributed by atoms with Crippen molar-refractivity contribution in [2.24, 2.45) is 5.10 Å². The van der Waals surface area contributed by atoms with Gasteiger partial charge in [-0.2, -0.15) is 10.2 Å². The molecule has 0 saturated carbocycles. The molecule has 11 nitrogen and oxygen atoms in total. The molecule has 3 aromatic carbocycles. The van der Waals surface area contributed by atoms with Gasteiger partial charge in [-0.15, -0.1) is 10.2 Å². The molecule has 41 heavy (non-hydrogen) atoms. The normalized spacial score (nSPS) is 11.0. The number of benzene rings is 3. The van der Waals surface area contributed by atoms with Crippen molar-refractivity contribution in [3.05, 3.63) is 109 Å². The lowest BCUT2D eigenvalue weighted by atomic mass is 10.2. The van der Waals surface area contributed by atoms with Crippen LogP contribution in [-0.2, 0) is 18.1 Å². The van der Waals surface area contributed by atoms with Crippen LogP contribution in [0, 0.1) is 0 Å². The Morgan fingerprint density at radius 2 is 1.80 bits per heavy atom. The monoisotopic (exact) mass is 568 g/mol. The number of anilines is 1. The van der Waals surface area contributed by atoms with Crippen LogP contribution in [0.15, 0.2) is 108 Å². The second-order valence-electron chi connectivity index (χ2n) is 8.60. The van der Waals surface area contributed by atoms with Crippen molar-refractivity contribution in [3.63, 3.8) is 0 Å². The van der Waals surface area contributed by atoms with Crippen LogP contribution in [0.3, 0.4) is 0 Å². The third-order valence-electron chi connectivity index (χ3n) is 5.77. The molecule has 0 fully saturated rings. The minimum absolute atomic E-state index is 0.106. The number of carbonyl (C=O) groups is 1. The van der Waals surface area contributed by atoms with Gasteiger partial charge >= 0.3 is 0 Å². The number of rotatable bonds is 13. The molecule has 0 atom stereocenters. The first kappa shape index (κ1) is 27.5. The Hall–Kier alpha value is -5.10. The first-order chi connectivity index (χ1) is 20.2. The minimum atomic E-state index is -0.276. The highest BCUT2D eigenvalue weighted by atomic mass is 32.2. The number of nitrogens with one attached hydrogen (secondary N) is 2. The Morgan fingerprint density at radius 1 is 1.00 bits per heavy atom. The summed E-state index contributed by atoms with van der Waals surface area (Å²) in [4.78, 5) is 12.6. The van der Waals surface area contributed by atoms with E-state index in [1.54, 1.807) is 42.5 Å². The number of hydrogen-bond donors (Lipinski definition) is 2. The fourth-order valence-electron chi connectivity index (χ4n) is 3.82. The van der Waals surface area contributed by atoms with E-state index >= 15 is 0 Å². The van der Waals surface area contributed by atoms with Crippen LogP contribution in [0.4, 0.5) is 5.69 Å². The van der Waals surface area contributed by atoms with Crippen LogP contribution in [0.2, 0.25) is 0 Å². The zero-order valence-electron chi connectivity index (χ0n) is 22.3. The Balaban J connectivity index is 1.20. The zero-order chi connectivity index (χ0) is 28.3. The van der Waals surface area contributed by atoms with Crippen molar-refractivity contribution in [2.45, 2.75) is 18.4 Å². The molecular formula is C29H28N8O3S. The number of amides is 1. The lowest BCUT2D eigenvalue weighted by Crippen LogP contribution is -2.20. The largest absolute Gasteiger partial charge is 0.493 e. The summed E-state index contributed by atoms with van der Waals surface area (Å²) in [7, 11) is 1.57. The molecule has 2 N–H and O–H groups in total. The lowest BCUT2D eigenvalue weighted by molar-refractivity contribution is -0.118. The molecule has 12 heteroatoms. The molecule has 2 aromatic heterocycles. The second-order valence-corrected chi connectivity index (χ2v) is 9.54. The number of ether oxygens (including phenoxy) is 2. The number of hydrogen-bond acceptors (Lipinski definition) is 9. The maximum absolute atomic E-state index is 12.6. The van der Waals surface area contributed by atoms with Crippen molar-refractivity contribution in [1.29, 1.82) is 0 Å². The first-order valence-electron chi connectivity index (χ1n) is 12.7. The van der Waals surface area contributed by atoms with E-state index in [1.807, 2.05) is 77.4 Å². The molecule has 1 amide bonds. The molecule has 0 spiro atoms. The van der Waals surface area contributed by atoms with Gasteiger partial charge in [-0.1, -0.05) is 48.2 Å². The van der Waals surface area contributed by atoms with Gasteiger partial charge in [0.2, 0.25) is 0 Å². The first-order valence-corrected chi connectivity index (χ1v) is 13.7. The smallest absolute Gasteiger partial charge is 0.250 e. The summed E-state index contributed by atoms with van der Waals surface area (Å²) in [6.07, 6.45) is 5.02. The minimum Gasteiger partial charge on any atom is -0.493 e. The standard InChI is InChI=1S/C29H28N8O3S/c1-39-25-14-13-22(17-26(25)40-21-36-16-8-15-32-36)18-31-34-28(38)20-41-29-35-33-27(19-30-23-9-4-2-5-10-23)37(29)24-11-6-3-7-12-24/h2-18,30H,19-21H2,1H3,(H,34,38)/b31-18+. The predicted molar refractivity (Wildman–Crippen MR) is 157 cm³/mol. The molecule has 0 saturated heterocycles. The van der Waals surface area contributed by atoms with E-state index in [0.717, 1.165) is 22.8 Å². The average Bonchev–Trinajstić information content (AvgIpc) is 3.69. The van der Waals surface area contributed by atoms with Crippen molar-refractivity contribution in [2.75, 3.05) is 18.2 Å². The summed E-state index contributed by atoms with van der Waals surface area (Å²) in [5.74, 6) is 1.67. The van der Waals surface area contributed by atoms with E-state index in [2.05, 4.69) is 31.1 Å². The van der Waals surface area contributed by atoms with E-state index in [1.165, 1.54) is 11.8 Å². The number of aromatic nitrogens is 5. The number of thioether (sulfide) groups is 1. The summed E-state index contributed by atoms with van der Waals surface area (Å²) in [6.45, 7) is 0.702. The van der Waals surface area contributed by atoms with Crippen molar-refractivity contribution in [3.8, 4) is 17.2 Å². The van der Waals surface area contributed by atoms with Crippen LogP contribution < -0.4 is 20.2 Å². The van der Waals surface area contributed by atoms with Gasteiger partial charge < -0.3 is 14.8 Å². The van der Waals surface area contributed by atoms with Gasteiger partial charge in [-0.3, -0.25) is 9.36 Å². The maximum atomic E-state index is 12.6. The van der Waals surface area contributed by atoms with Gasteiger partial charge in [0.1, 0.15) is 0 Å². The Bertz CT molecular complexity index is 1570. The molecule has 0 aliphatic carbocycles. The van der Waals surface area contributed by atoms with Crippen LogP contribution in [0.25, 0.3) is 5.69 Å². The van der Waals surface area contributed by atoms with E-state index in [0.29, 0.717) is 23.2 Å². The van der Waals surface area contributed by atoms with Crippen LogP contribution in [0.5, 0.6) is 11.5 Å². The molecule has 0 bridgehead atoms. The third-order valence-corrected chi connectivity index (χ3v) is 6.70. The quantitative estimate of drug-likeness (QED) is 0.122. The van der Waals surface area contributed by atoms with Crippen LogP contribution >= 0.6 is 11.8 Å². The second kappa shape index (κ2) is 13.8. The molecule has 5 aromatic rings. The average molecular weight is 569 g/mol. The summed E-state index contributed by atoms with van der Waals surface area (Å²) in [5.41, 5.74) is 5.19. The van der Waals surface area contributed by atoms with Gasteiger partial charge in [0.15, 0.2) is 29.2 Å². The highest BCUT2D eigenvalue weighted by Crippen LogP contribution is 2.28. The Labute approximate surface area is 241 Å². The van der Waals surface area contributed by atoms with Gasteiger partial charge in [0.05, 0.1) is 25.6 Å². The molecule has 0 aliphatic heterocycles. The summed E-state index contributed by atoms with van der Waals surface area (Å²) >= 11 is 1.28. The number of nitrogens with zero attached hydrogens (tertiary/aromatic N) is 6.